The van der Waals surface area contributed by atoms with Crippen molar-refractivity contribution in [2.24, 2.45) is 0 Å². The minimum Gasteiger partial charge on any atom is -0.501 e. The van der Waals surface area contributed by atoms with E-state index in [1.165, 1.54) is 30.2 Å². The third-order valence-electron chi connectivity index (χ3n) is 4.09. The van der Waals surface area contributed by atoms with Gasteiger partial charge in [-0.1, -0.05) is 24.8 Å². The van der Waals surface area contributed by atoms with Crippen LogP contribution >= 0.6 is 0 Å². The molecule has 0 N–H and O–H groups in total. The molecule has 0 saturated heterocycles. The summed E-state index contributed by atoms with van der Waals surface area (Å²) < 4.78 is 24.0. The predicted molar refractivity (Wildman–Crippen MR) is 100 cm³/mol. The number of hydrogen-bond donors (Lipinski definition) is 0. The number of halogens is 1. The van der Waals surface area contributed by atoms with Gasteiger partial charge in [-0.25, -0.2) is 4.39 Å². The van der Waals surface area contributed by atoms with Crippen LogP contribution in [0.5, 0.6) is 5.75 Å². The maximum Gasteiger partial charge on any atom is 0.254 e. The molecule has 27 heavy (non-hydrogen) atoms. The van der Waals surface area contributed by atoms with Crippen LogP contribution in [0.3, 0.4) is 0 Å². The molecular formula is C21H22FNO4. The van der Waals surface area contributed by atoms with Crippen LogP contribution in [0, 0.1) is 5.82 Å². The molecule has 1 amide bonds. The maximum atomic E-state index is 13.8. The van der Waals surface area contributed by atoms with Crippen molar-refractivity contribution in [3.8, 4) is 5.75 Å². The lowest BCUT2D eigenvalue weighted by Gasteiger charge is -2.22. The Hall–Kier alpha value is -3.15. The second kappa shape index (κ2) is 9.52. The SMILES string of the molecule is C=C(Cc1ccc(F)cc1C(=O)N(CC=O)Cc1ccc(OC)cc1)OC. The summed E-state index contributed by atoms with van der Waals surface area (Å²) in [7, 11) is 3.05. The van der Waals surface area contributed by atoms with Crippen molar-refractivity contribution < 1.29 is 23.5 Å². The highest BCUT2D eigenvalue weighted by atomic mass is 19.1. The average Bonchev–Trinajstić information content (AvgIpc) is 2.68. The number of amides is 1. The second-order valence-corrected chi connectivity index (χ2v) is 5.92. The molecule has 0 bridgehead atoms. The summed E-state index contributed by atoms with van der Waals surface area (Å²) in [4.78, 5) is 25.5. The molecule has 0 aromatic heterocycles. The number of hydrogen-bond acceptors (Lipinski definition) is 4. The summed E-state index contributed by atoms with van der Waals surface area (Å²) in [6, 6.07) is 11.1. The fourth-order valence-electron chi connectivity index (χ4n) is 2.62. The van der Waals surface area contributed by atoms with Gasteiger partial charge in [-0.3, -0.25) is 4.79 Å². The maximum absolute atomic E-state index is 13.8. The minimum atomic E-state index is -0.527. The normalized spacial score (nSPS) is 10.2. The molecule has 0 fully saturated rings. The first kappa shape index (κ1) is 20.2. The van der Waals surface area contributed by atoms with Crippen LogP contribution in [0.4, 0.5) is 4.39 Å². The van der Waals surface area contributed by atoms with E-state index < -0.39 is 11.7 Å². The summed E-state index contributed by atoms with van der Waals surface area (Å²) in [6.45, 7) is 3.85. The number of methoxy groups -OCH3 is 2. The third-order valence-corrected chi connectivity index (χ3v) is 4.09. The Morgan fingerprint density at radius 2 is 1.89 bits per heavy atom. The van der Waals surface area contributed by atoms with Crippen LogP contribution in [0.25, 0.3) is 0 Å². The van der Waals surface area contributed by atoms with Crippen LogP contribution < -0.4 is 4.74 Å². The lowest BCUT2D eigenvalue weighted by molar-refractivity contribution is -0.108. The Morgan fingerprint density at radius 3 is 2.48 bits per heavy atom. The molecule has 2 aromatic rings. The molecule has 5 nitrogen and oxygen atoms in total. The van der Waals surface area contributed by atoms with Crippen molar-refractivity contribution in [3.63, 3.8) is 0 Å². The van der Waals surface area contributed by atoms with Gasteiger partial charge in [-0.2, -0.15) is 0 Å². The van der Waals surface area contributed by atoms with E-state index >= 15 is 0 Å². The fraction of sp³-hybridized carbons (Fsp3) is 0.238. The highest BCUT2D eigenvalue weighted by Crippen LogP contribution is 2.19. The average molecular weight is 371 g/mol. The quantitative estimate of drug-likeness (QED) is 0.501. The van der Waals surface area contributed by atoms with Gasteiger partial charge in [0, 0.05) is 18.5 Å². The Kier molecular flexibility index (Phi) is 7.11. The molecule has 0 aliphatic rings. The Morgan fingerprint density at radius 1 is 1.19 bits per heavy atom. The number of carbonyl (C=O) groups excluding carboxylic acids is 2. The minimum absolute atomic E-state index is 0.105. The van der Waals surface area contributed by atoms with Crippen LogP contribution in [0.1, 0.15) is 21.5 Å². The van der Waals surface area contributed by atoms with E-state index in [9.17, 15) is 14.0 Å². The highest BCUT2D eigenvalue weighted by molar-refractivity contribution is 5.96. The molecular weight excluding hydrogens is 349 g/mol. The van der Waals surface area contributed by atoms with Crippen molar-refractivity contribution in [2.75, 3.05) is 20.8 Å². The molecule has 2 rings (SSSR count). The second-order valence-electron chi connectivity index (χ2n) is 5.92. The number of nitrogens with zero attached hydrogens (tertiary/aromatic N) is 1. The van der Waals surface area contributed by atoms with Crippen LogP contribution in [0.15, 0.2) is 54.8 Å². The first-order chi connectivity index (χ1) is 13.0. The van der Waals surface area contributed by atoms with E-state index in [2.05, 4.69) is 6.58 Å². The van der Waals surface area contributed by atoms with E-state index in [-0.39, 0.29) is 25.1 Å². The van der Waals surface area contributed by atoms with E-state index in [4.69, 9.17) is 9.47 Å². The molecule has 0 saturated carbocycles. The molecule has 0 atom stereocenters. The number of allylic oxidation sites excluding steroid dienone is 1. The van der Waals surface area contributed by atoms with E-state index in [1.807, 2.05) is 12.1 Å². The van der Waals surface area contributed by atoms with Crippen molar-refractivity contribution in [1.82, 2.24) is 4.90 Å². The number of benzene rings is 2. The van der Waals surface area contributed by atoms with Crippen LogP contribution in [0.2, 0.25) is 0 Å². The van der Waals surface area contributed by atoms with E-state index in [1.54, 1.807) is 19.2 Å². The molecule has 0 aliphatic heterocycles. The largest absolute Gasteiger partial charge is 0.501 e. The zero-order chi connectivity index (χ0) is 19.8. The monoisotopic (exact) mass is 371 g/mol. The summed E-state index contributed by atoms with van der Waals surface area (Å²) in [6.07, 6.45) is 0.920. The number of ether oxygens (including phenoxy) is 2. The van der Waals surface area contributed by atoms with Crippen molar-refractivity contribution in [1.29, 1.82) is 0 Å². The van der Waals surface area contributed by atoms with Crippen molar-refractivity contribution >= 4 is 12.2 Å². The summed E-state index contributed by atoms with van der Waals surface area (Å²) in [5.41, 5.74) is 1.59. The van der Waals surface area contributed by atoms with Gasteiger partial charge in [0.15, 0.2) is 0 Å². The summed E-state index contributed by atoms with van der Waals surface area (Å²) in [5.74, 6) is 0.183. The lowest BCUT2D eigenvalue weighted by Crippen LogP contribution is -2.33. The van der Waals surface area contributed by atoms with Gasteiger partial charge in [0.05, 0.1) is 26.5 Å². The number of carbonyl (C=O) groups is 2. The van der Waals surface area contributed by atoms with E-state index in [0.29, 0.717) is 23.4 Å². The highest BCUT2D eigenvalue weighted by Gasteiger charge is 2.20. The molecule has 2 aromatic carbocycles. The number of aldehydes is 1. The van der Waals surface area contributed by atoms with Crippen molar-refractivity contribution in [2.45, 2.75) is 13.0 Å². The first-order valence-electron chi connectivity index (χ1n) is 8.34. The Labute approximate surface area is 158 Å². The Balaban J connectivity index is 2.30. The zero-order valence-electron chi connectivity index (χ0n) is 15.4. The standard InChI is InChI=1S/C21H22FNO4/c1-15(26-2)12-17-6-7-18(22)13-20(17)21(25)23(10-11-24)14-16-4-8-19(27-3)9-5-16/h4-9,11,13H,1,10,12,14H2,2-3H3. The predicted octanol–water partition coefficient (Wildman–Crippen LogP) is 3.38. The Bertz CT molecular complexity index is 817. The van der Waals surface area contributed by atoms with Gasteiger partial charge in [-0.15, -0.1) is 0 Å². The molecule has 0 radical (unpaired) electrons. The molecule has 0 heterocycles. The smallest absolute Gasteiger partial charge is 0.254 e. The van der Waals surface area contributed by atoms with Gasteiger partial charge in [0.25, 0.3) is 5.91 Å². The fourth-order valence-corrected chi connectivity index (χ4v) is 2.62. The topological polar surface area (TPSA) is 55.8 Å². The van der Waals surface area contributed by atoms with Gasteiger partial charge in [0.2, 0.25) is 0 Å². The van der Waals surface area contributed by atoms with Gasteiger partial charge in [0.1, 0.15) is 17.9 Å². The van der Waals surface area contributed by atoms with Gasteiger partial charge >= 0.3 is 0 Å². The van der Waals surface area contributed by atoms with E-state index in [0.717, 1.165) is 5.56 Å². The van der Waals surface area contributed by atoms with Crippen LogP contribution in [-0.4, -0.2) is 37.9 Å². The first-order valence-corrected chi connectivity index (χ1v) is 8.34. The van der Waals surface area contributed by atoms with Gasteiger partial charge < -0.3 is 19.2 Å². The summed E-state index contributed by atoms with van der Waals surface area (Å²) >= 11 is 0. The molecule has 0 spiro atoms. The zero-order valence-corrected chi connectivity index (χ0v) is 15.4. The summed E-state index contributed by atoms with van der Waals surface area (Å²) in [5, 5.41) is 0. The molecule has 0 unspecified atom stereocenters. The number of rotatable bonds is 9. The van der Waals surface area contributed by atoms with Gasteiger partial charge in [-0.05, 0) is 35.4 Å². The molecule has 142 valence electrons. The van der Waals surface area contributed by atoms with Crippen molar-refractivity contribution in [3.05, 3.63) is 77.3 Å². The molecule has 0 aliphatic carbocycles. The lowest BCUT2D eigenvalue weighted by atomic mass is 10.0. The third kappa shape index (κ3) is 5.41. The molecule has 6 heteroatoms. The van der Waals surface area contributed by atoms with Crippen LogP contribution in [-0.2, 0) is 22.5 Å².